The van der Waals surface area contributed by atoms with Gasteiger partial charge in [0.25, 0.3) is 0 Å². The predicted octanol–water partition coefficient (Wildman–Crippen LogP) is 1.28. The van der Waals surface area contributed by atoms with Crippen molar-refractivity contribution in [3.8, 4) is 0 Å². The van der Waals surface area contributed by atoms with E-state index in [1.807, 2.05) is 53.4 Å². The minimum absolute atomic E-state index is 0.0216. The van der Waals surface area contributed by atoms with E-state index in [0.29, 0.717) is 26.2 Å². The van der Waals surface area contributed by atoms with E-state index in [9.17, 15) is 14.7 Å². The molecule has 182 valence electrons. The topological polar surface area (TPSA) is 84.9 Å². The van der Waals surface area contributed by atoms with Crippen molar-refractivity contribution in [1.82, 2.24) is 20.4 Å². The van der Waals surface area contributed by atoms with Crippen molar-refractivity contribution < 1.29 is 14.7 Å². The van der Waals surface area contributed by atoms with E-state index in [1.54, 1.807) is 0 Å². The molecular weight excluding hydrogens is 428 g/mol. The molecule has 2 aromatic carbocycles. The fourth-order valence-electron chi connectivity index (χ4n) is 5.09. The van der Waals surface area contributed by atoms with Crippen molar-refractivity contribution in [2.45, 2.75) is 25.4 Å². The number of hydrogen-bond acceptors (Lipinski definition) is 5. The Morgan fingerprint density at radius 2 is 1.50 bits per heavy atom. The third kappa shape index (κ3) is 6.65. The highest BCUT2D eigenvalue weighted by atomic mass is 16.3. The van der Waals surface area contributed by atoms with Gasteiger partial charge in [-0.3, -0.25) is 19.4 Å². The van der Waals surface area contributed by atoms with Crippen LogP contribution in [0.1, 0.15) is 17.5 Å². The molecule has 2 saturated heterocycles. The van der Waals surface area contributed by atoms with Crippen LogP contribution in [0.25, 0.3) is 0 Å². The molecule has 3 N–H and O–H groups in total. The van der Waals surface area contributed by atoms with Crippen LogP contribution >= 0.6 is 0 Å². The smallest absolute Gasteiger partial charge is 0.225 e. The summed E-state index contributed by atoms with van der Waals surface area (Å²) in [5.41, 5.74) is 2.45. The molecule has 0 bridgehead atoms. The van der Waals surface area contributed by atoms with Gasteiger partial charge in [0.2, 0.25) is 11.8 Å². The fraction of sp³-hybridized carbons (Fsp3) is 0.481. The minimum atomic E-state index is -0.399. The summed E-state index contributed by atoms with van der Waals surface area (Å²) >= 11 is 0. The van der Waals surface area contributed by atoms with E-state index in [4.69, 9.17) is 0 Å². The van der Waals surface area contributed by atoms with Gasteiger partial charge in [0.05, 0.1) is 18.4 Å². The summed E-state index contributed by atoms with van der Waals surface area (Å²) in [5.74, 6) is -0.917. The average Bonchev–Trinajstić information content (AvgIpc) is 3.47. The van der Waals surface area contributed by atoms with E-state index in [-0.39, 0.29) is 24.5 Å². The third-order valence-electron chi connectivity index (χ3n) is 6.91. The molecule has 2 aliphatic rings. The second-order valence-corrected chi connectivity index (χ2v) is 9.44. The second kappa shape index (κ2) is 12.1. The fourth-order valence-corrected chi connectivity index (χ4v) is 5.09. The van der Waals surface area contributed by atoms with E-state index < -0.39 is 11.8 Å². The van der Waals surface area contributed by atoms with Gasteiger partial charge in [-0.25, -0.2) is 0 Å². The van der Waals surface area contributed by atoms with Crippen molar-refractivity contribution in [3.63, 3.8) is 0 Å². The molecule has 0 saturated carbocycles. The van der Waals surface area contributed by atoms with Crippen LogP contribution in [0, 0.1) is 11.8 Å². The lowest BCUT2D eigenvalue weighted by atomic mass is 9.93. The van der Waals surface area contributed by atoms with Gasteiger partial charge < -0.3 is 15.7 Å². The van der Waals surface area contributed by atoms with Crippen LogP contribution in [0.5, 0.6) is 0 Å². The summed E-state index contributed by atoms with van der Waals surface area (Å²) in [6.45, 7) is 4.70. The van der Waals surface area contributed by atoms with Crippen molar-refractivity contribution in [2.75, 3.05) is 45.9 Å². The molecule has 0 aliphatic carbocycles. The number of hydrogen-bond donors (Lipinski definition) is 3. The molecule has 3 atom stereocenters. The van der Waals surface area contributed by atoms with Gasteiger partial charge >= 0.3 is 0 Å². The Morgan fingerprint density at radius 3 is 2.18 bits per heavy atom. The van der Waals surface area contributed by atoms with Gasteiger partial charge in [-0.1, -0.05) is 60.7 Å². The van der Waals surface area contributed by atoms with Crippen LogP contribution in [0.4, 0.5) is 0 Å². The number of amides is 2. The third-order valence-corrected chi connectivity index (χ3v) is 6.91. The molecule has 0 spiro atoms. The molecule has 2 heterocycles. The van der Waals surface area contributed by atoms with Crippen LogP contribution in [0.2, 0.25) is 0 Å². The molecule has 2 aromatic rings. The quantitative estimate of drug-likeness (QED) is 0.493. The number of aliphatic hydroxyl groups is 1. The number of aliphatic hydroxyl groups excluding tert-OH is 1. The Hall–Kier alpha value is -2.74. The first-order valence-electron chi connectivity index (χ1n) is 12.3. The largest absolute Gasteiger partial charge is 0.395 e. The van der Waals surface area contributed by atoms with Gasteiger partial charge in [-0.2, -0.15) is 0 Å². The predicted molar refractivity (Wildman–Crippen MR) is 132 cm³/mol. The van der Waals surface area contributed by atoms with Gasteiger partial charge in [-0.15, -0.1) is 0 Å². The SMILES string of the molecule is O=C(NCCc1ccccc1)[C@H]1CN(CCO)C[C@H]1C(=O)NC1CCN(Cc2ccccc2)C1. The van der Waals surface area contributed by atoms with Crippen molar-refractivity contribution in [2.24, 2.45) is 11.8 Å². The van der Waals surface area contributed by atoms with Gasteiger partial charge in [0.1, 0.15) is 0 Å². The molecule has 2 amide bonds. The number of nitrogens with one attached hydrogen (secondary N) is 2. The Balaban J connectivity index is 1.29. The number of benzene rings is 2. The summed E-state index contributed by atoms with van der Waals surface area (Å²) in [6.07, 6.45) is 1.68. The molecule has 1 unspecified atom stereocenters. The van der Waals surface area contributed by atoms with Crippen LogP contribution in [-0.4, -0.2) is 78.6 Å². The van der Waals surface area contributed by atoms with E-state index in [2.05, 4.69) is 27.7 Å². The maximum atomic E-state index is 13.2. The number of carbonyl (C=O) groups is 2. The Bertz CT molecular complexity index is 924. The molecule has 0 aromatic heterocycles. The van der Waals surface area contributed by atoms with Crippen molar-refractivity contribution in [1.29, 1.82) is 0 Å². The zero-order valence-electron chi connectivity index (χ0n) is 19.7. The zero-order valence-corrected chi connectivity index (χ0v) is 19.7. The molecule has 2 aliphatic heterocycles. The Morgan fingerprint density at radius 1 is 0.853 bits per heavy atom. The zero-order chi connectivity index (χ0) is 23.8. The highest BCUT2D eigenvalue weighted by Gasteiger charge is 2.42. The summed E-state index contributed by atoms with van der Waals surface area (Å²) in [6, 6.07) is 20.5. The lowest BCUT2D eigenvalue weighted by Crippen LogP contribution is -2.45. The Kier molecular flexibility index (Phi) is 8.68. The summed E-state index contributed by atoms with van der Waals surface area (Å²) in [5, 5.41) is 15.6. The van der Waals surface area contributed by atoms with Crippen molar-refractivity contribution >= 4 is 11.8 Å². The number of rotatable bonds is 10. The van der Waals surface area contributed by atoms with E-state index >= 15 is 0 Å². The number of likely N-dealkylation sites (tertiary alicyclic amines) is 2. The Labute approximate surface area is 202 Å². The molecule has 4 rings (SSSR count). The first-order chi connectivity index (χ1) is 16.6. The second-order valence-electron chi connectivity index (χ2n) is 9.44. The van der Waals surface area contributed by atoms with E-state index in [1.165, 1.54) is 11.1 Å². The molecule has 7 heteroatoms. The van der Waals surface area contributed by atoms with Crippen molar-refractivity contribution in [3.05, 3.63) is 71.8 Å². The highest BCUT2D eigenvalue weighted by Crippen LogP contribution is 2.25. The molecular formula is C27H36N4O3. The van der Waals surface area contributed by atoms with Crippen LogP contribution < -0.4 is 10.6 Å². The molecule has 34 heavy (non-hydrogen) atoms. The van der Waals surface area contributed by atoms with Crippen LogP contribution in [-0.2, 0) is 22.6 Å². The number of β-amino-alcohol motifs (C(OH)–C–C–N with tert-alkyl or cyclic N) is 1. The van der Waals surface area contributed by atoms with Crippen LogP contribution in [0.15, 0.2) is 60.7 Å². The lowest BCUT2D eigenvalue weighted by molar-refractivity contribution is -0.133. The standard InChI is InChI=1S/C27H36N4O3/c32-16-15-31-19-24(26(33)28-13-11-21-7-3-1-4-8-21)25(20-31)27(34)29-23-12-14-30(18-23)17-22-9-5-2-6-10-22/h1-10,23-25,32H,11-20H2,(H,28,33)(H,29,34)/t23?,24-,25+/m0/s1. The number of nitrogens with zero attached hydrogens (tertiary/aromatic N) is 2. The van der Waals surface area contributed by atoms with Gasteiger partial charge in [0.15, 0.2) is 0 Å². The normalized spacial score (nSPS) is 23.1. The highest BCUT2D eigenvalue weighted by molar-refractivity contribution is 5.88. The van der Waals surface area contributed by atoms with E-state index in [0.717, 1.165) is 32.5 Å². The summed E-state index contributed by atoms with van der Waals surface area (Å²) in [7, 11) is 0. The monoisotopic (exact) mass is 464 g/mol. The maximum absolute atomic E-state index is 13.2. The average molecular weight is 465 g/mol. The maximum Gasteiger partial charge on any atom is 0.225 e. The van der Waals surface area contributed by atoms with Gasteiger partial charge in [0, 0.05) is 51.9 Å². The molecule has 0 radical (unpaired) electrons. The molecule has 7 nitrogen and oxygen atoms in total. The van der Waals surface area contributed by atoms with Crippen LogP contribution in [0.3, 0.4) is 0 Å². The first kappa shape index (κ1) is 24.4. The molecule has 2 fully saturated rings. The van der Waals surface area contributed by atoms with Gasteiger partial charge in [-0.05, 0) is 24.0 Å². The minimum Gasteiger partial charge on any atom is -0.395 e. The summed E-state index contributed by atoms with van der Waals surface area (Å²) in [4.78, 5) is 30.6. The number of carbonyl (C=O) groups excluding carboxylic acids is 2. The first-order valence-corrected chi connectivity index (χ1v) is 12.3. The summed E-state index contributed by atoms with van der Waals surface area (Å²) < 4.78 is 0. The lowest BCUT2D eigenvalue weighted by Gasteiger charge is -2.21.